The van der Waals surface area contributed by atoms with E-state index in [0.717, 1.165) is 11.3 Å². The number of hydrogen-bond acceptors (Lipinski definition) is 4. The van der Waals surface area contributed by atoms with E-state index >= 15 is 0 Å². The maximum absolute atomic E-state index is 11.1. The number of aliphatic hydroxyl groups excluding tert-OH is 1. The van der Waals surface area contributed by atoms with Gasteiger partial charge in [0.25, 0.3) is 0 Å². The molecule has 110 valence electrons. The van der Waals surface area contributed by atoms with E-state index in [1.807, 2.05) is 31.2 Å². The Bertz CT molecular complexity index is 636. The Morgan fingerprint density at radius 2 is 1.67 bits per heavy atom. The minimum Gasteiger partial charge on any atom is -0.364 e. The Labute approximate surface area is 123 Å². The van der Waals surface area contributed by atoms with Crippen molar-refractivity contribution < 1.29 is 15.0 Å². The van der Waals surface area contributed by atoms with Crippen molar-refractivity contribution in [2.75, 3.05) is 10.6 Å². The van der Waals surface area contributed by atoms with Gasteiger partial charge < -0.3 is 20.8 Å². The smallest absolute Gasteiger partial charge is 0.221 e. The van der Waals surface area contributed by atoms with Crippen LogP contribution < -0.4 is 10.6 Å². The molecule has 0 heterocycles. The second-order valence-corrected chi connectivity index (χ2v) is 4.85. The minimum absolute atomic E-state index is 0.238. The summed E-state index contributed by atoms with van der Waals surface area (Å²) in [6.45, 7) is 3.37. The van der Waals surface area contributed by atoms with Crippen LogP contribution in [0.2, 0.25) is 0 Å². The number of carbonyl (C=O) groups is 1. The molecule has 0 atom stereocenters. The fourth-order valence-corrected chi connectivity index (χ4v) is 1.96. The van der Waals surface area contributed by atoms with Crippen LogP contribution in [0.1, 0.15) is 24.3 Å². The van der Waals surface area contributed by atoms with E-state index in [1.54, 1.807) is 18.2 Å². The number of anilines is 3. The maximum Gasteiger partial charge on any atom is 0.221 e. The molecule has 0 saturated carbocycles. The van der Waals surface area contributed by atoms with Crippen LogP contribution in [0, 0.1) is 6.92 Å². The highest BCUT2D eigenvalue weighted by atomic mass is 16.5. The van der Waals surface area contributed by atoms with Crippen LogP contribution in [0.3, 0.4) is 0 Å². The molecule has 0 radical (unpaired) electrons. The predicted molar refractivity (Wildman–Crippen MR) is 82.4 cm³/mol. The molecule has 5 heteroatoms. The highest BCUT2D eigenvalue weighted by Crippen LogP contribution is 2.27. The Balaban J connectivity index is 2.26. The van der Waals surface area contributed by atoms with Gasteiger partial charge in [0, 0.05) is 29.5 Å². The van der Waals surface area contributed by atoms with Crippen molar-refractivity contribution in [2.24, 2.45) is 0 Å². The van der Waals surface area contributed by atoms with E-state index in [2.05, 4.69) is 10.6 Å². The summed E-state index contributed by atoms with van der Waals surface area (Å²) >= 11 is 0. The standard InChI is InChI=1S/C16H18N2O3/c1-10-3-5-12(6-4-10)18-13-7-8-15(17-11(2)19)14(9-13)16(20)21/h3-9,16,18,20-21H,1-2H3,(H,17,19). The number of hydrogen-bond donors (Lipinski definition) is 4. The first kappa shape index (κ1) is 15.0. The molecule has 2 aromatic carbocycles. The normalized spacial score (nSPS) is 10.5. The zero-order valence-electron chi connectivity index (χ0n) is 11.9. The molecule has 0 aliphatic carbocycles. The third-order valence-electron chi connectivity index (χ3n) is 2.98. The largest absolute Gasteiger partial charge is 0.364 e. The summed E-state index contributed by atoms with van der Waals surface area (Å²) in [5.74, 6) is -0.267. The molecule has 2 rings (SSSR count). The summed E-state index contributed by atoms with van der Waals surface area (Å²) in [6, 6.07) is 12.8. The quantitative estimate of drug-likeness (QED) is 0.651. The molecule has 0 aliphatic rings. The Morgan fingerprint density at radius 1 is 1.05 bits per heavy atom. The van der Waals surface area contributed by atoms with Gasteiger partial charge in [-0.05, 0) is 37.3 Å². The lowest BCUT2D eigenvalue weighted by molar-refractivity contribution is -0.114. The first-order valence-electron chi connectivity index (χ1n) is 6.57. The molecule has 1 amide bonds. The third kappa shape index (κ3) is 4.05. The molecule has 21 heavy (non-hydrogen) atoms. The third-order valence-corrected chi connectivity index (χ3v) is 2.98. The number of amides is 1. The van der Waals surface area contributed by atoms with Crippen molar-refractivity contribution in [3.63, 3.8) is 0 Å². The van der Waals surface area contributed by atoms with Crippen molar-refractivity contribution >= 4 is 23.0 Å². The van der Waals surface area contributed by atoms with Gasteiger partial charge in [-0.15, -0.1) is 0 Å². The fourth-order valence-electron chi connectivity index (χ4n) is 1.96. The lowest BCUT2D eigenvalue weighted by Gasteiger charge is -2.14. The molecular formula is C16H18N2O3. The Hall–Kier alpha value is -2.37. The van der Waals surface area contributed by atoms with Crippen LogP contribution in [0.15, 0.2) is 42.5 Å². The molecule has 4 N–H and O–H groups in total. The number of nitrogens with one attached hydrogen (secondary N) is 2. The summed E-state index contributed by atoms with van der Waals surface area (Å²) in [5.41, 5.74) is 3.38. The topological polar surface area (TPSA) is 81.6 Å². The molecule has 0 spiro atoms. The summed E-state index contributed by atoms with van der Waals surface area (Å²) < 4.78 is 0. The molecule has 0 unspecified atom stereocenters. The van der Waals surface area contributed by atoms with Gasteiger partial charge >= 0.3 is 0 Å². The van der Waals surface area contributed by atoms with E-state index in [4.69, 9.17) is 0 Å². The zero-order chi connectivity index (χ0) is 15.4. The van der Waals surface area contributed by atoms with Crippen molar-refractivity contribution in [3.8, 4) is 0 Å². The van der Waals surface area contributed by atoms with E-state index in [1.165, 1.54) is 6.92 Å². The van der Waals surface area contributed by atoms with E-state index in [-0.39, 0.29) is 11.5 Å². The van der Waals surface area contributed by atoms with Gasteiger partial charge in [-0.1, -0.05) is 17.7 Å². The lowest BCUT2D eigenvalue weighted by Crippen LogP contribution is -2.10. The molecule has 0 aromatic heterocycles. The van der Waals surface area contributed by atoms with Gasteiger partial charge in [0.2, 0.25) is 5.91 Å². The number of aryl methyl sites for hydroxylation is 1. The van der Waals surface area contributed by atoms with Crippen LogP contribution in [0.5, 0.6) is 0 Å². The zero-order valence-corrected chi connectivity index (χ0v) is 11.9. The van der Waals surface area contributed by atoms with Crippen LogP contribution in [-0.2, 0) is 4.79 Å². The van der Waals surface area contributed by atoms with Crippen LogP contribution in [-0.4, -0.2) is 16.1 Å². The average Bonchev–Trinajstić information content (AvgIpc) is 2.42. The molecule has 0 aliphatic heterocycles. The van der Waals surface area contributed by atoms with Gasteiger partial charge in [-0.3, -0.25) is 4.79 Å². The first-order chi connectivity index (χ1) is 9.95. The first-order valence-corrected chi connectivity index (χ1v) is 6.57. The second-order valence-electron chi connectivity index (χ2n) is 4.85. The van der Waals surface area contributed by atoms with E-state index < -0.39 is 6.29 Å². The molecule has 5 nitrogen and oxygen atoms in total. The van der Waals surface area contributed by atoms with E-state index in [0.29, 0.717) is 11.4 Å². The van der Waals surface area contributed by atoms with Gasteiger partial charge in [0.1, 0.15) is 0 Å². The van der Waals surface area contributed by atoms with E-state index in [9.17, 15) is 15.0 Å². The van der Waals surface area contributed by atoms with Gasteiger partial charge in [0.05, 0.1) is 0 Å². The van der Waals surface area contributed by atoms with Gasteiger partial charge in [0.15, 0.2) is 6.29 Å². The van der Waals surface area contributed by atoms with Crippen molar-refractivity contribution in [3.05, 3.63) is 53.6 Å². The number of aliphatic hydroxyl groups is 2. The SMILES string of the molecule is CC(=O)Nc1ccc(Nc2ccc(C)cc2)cc1C(O)O. The number of rotatable bonds is 4. The maximum atomic E-state index is 11.1. The molecule has 0 saturated heterocycles. The summed E-state index contributed by atoms with van der Waals surface area (Å²) in [5, 5.41) is 24.6. The molecule has 2 aromatic rings. The van der Waals surface area contributed by atoms with Crippen molar-refractivity contribution in [1.82, 2.24) is 0 Å². The van der Waals surface area contributed by atoms with Crippen LogP contribution in [0.4, 0.5) is 17.1 Å². The lowest BCUT2D eigenvalue weighted by atomic mass is 10.1. The molecular weight excluding hydrogens is 268 g/mol. The predicted octanol–water partition coefficient (Wildman–Crippen LogP) is 2.68. The average molecular weight is 286 g/mol. The van der Waals surface area contributed by atoms with Crippen molar-refractivity contribution in [2.45, 2.75) is 20.1 Å². The fraction of sp³-hybridized carbons (Fsp3) is 0.188. The highest BCUT2D eigenvalue weighted by molar-refractivity contribution is 5.90. The van der Waals surface area contributed by atoms with Gasteiger partial charge in [-0.25, -0.2) is 0 Å². The Morgan fingerprint density at radius 3 is 2.24 bits per heavy atom. The molecule has 0 bridgehead atoms. The monoisotopic (exact) mass is 286 g/mol. The summed E-state index contributed by atoms with van der Waals surface area (Å²) in [6.07, 6.45) is -1.66. The van der Waals surface area contributed by atoms with Crippen molar-refractivity contribution in [1.29, 1.82) is 0 Å². The second kappa shape index (κ2) is 6.39. The molecule has 0 fully saturated rings. The number of carbonyl (C=O) groups excluding carboxylic acids is 1. The minimum atomic E-state index is -1.66. The summed E-state index contributed by atoms with van der Waals surface area (Å²) in [4.78, 5) is 11.1. The number of benzene rings is 2. The van der Waals surface area contributed by atoms with Crippen LogP contribution in [0.25, 0.3) is 0 Å². The highest BCUT2D eigenvalue weighted by Gasteiger charge is 2.11. The van der Waals surface area contributed by atoms with Crippen LogP contribution >= 0.6 is 0 Å². The Kier molecular flexibility index (Phi) is 4.57. The van der Waals surface area contributed by atoms with Gasteiger partial charge in [-0.2, -0.15) is 0 Å². The summed E-state index contributed by atoms with van der Waals surface area (Å²) in [7, 11) is 0.